The van der Waals surface area contributed by atoms with Crippen LogP contribution in [0.3, 0.4) is 0 Å². The third-order valence-corrected chi connectivity index (χ3v) is 6.63. The quantitative estimate of drug-likeness (QED) is 0.311. The summed E-state index contributed by atoms with van der Waals surface area (Å²) in [7, 11) is 0. The fourth-order valence-corrected chi connectivity index (χ4v) is 4.57. The molecule has 7 heteroatoms. The molecule has 0 atom stereocenters. The first kappa shape index (κ1) is 22.6. The number of ether oxygens (including phenoxy) is 1. The van der Waals surface area contributed by atoms with Crippen molar-refractivity contribution < 1.29 is 14.3 Å². The van der Waals surface area contributed by atoms with E-state index in [1.54, 1.807) is 18.2 Å². The Kier molecular flexibility index (Phi) is 7.35. The molecule has 1 heterocycles. The number of halogens is 2. The van der Waals surface area contributed by atoms with Crippen molar-refractivity contribution in [3.05, 3.63) is 104 Å². The van der Waals surface area contributed by atoms with E-state index in [2.05, 4.69) is 15.9 Å². The highest BCUT2D eigenvalue weighted by Crippen LogP contribution is 2.34. The normalized spacial score (nSPS) is 14.9. The molecule has 1 saturated heterocycles. The molecule has 1 aliphatic rings. The van der Waals surface area contributed by atoms with Crippen molar-refractivity contribution in [2.45, 2.75) is 13.0 Å². The molecular formula is C25H19BrClNO3S. The van der Waals surface area contributed by atoms with Gasteiger partial charge < -0.3 is 4.74 Å². The maximum absolute atomic E-state index is 12.7. The van der Waals surface area contributed by atoms with Crippen LogP contribution in [0, 0.1) is 0 Å². The van der Waals surface area contributed by atoms with Crippen molar-refractivity contribution in [3.8, 4) is 5.75 Å². The van der Waals surface area contributed by atoms with Crippen molar-refractivity contribution in [2.24, 2.45) is 0 Å². The van der Waals surface area contributed by atoms with Crippen molar-refractivity contribution in [1.29, 1.82) is 0 Å². The van der Waals surface area contributed by atoms with E-state index in [-0.39, 0.29) is 11.1 Å². The lowest BCUT2D eigenvalue weighted by atomic mass is 10.1. The minimum Gasteiger partial charge on any atom is -0.487 e. The Bertz CT molecular complexity index is 1170. The summed E-state index contributed by atoms with van der Waals surface area (Å²) in [5.41, 5.74) is 2.85. The molecule has 4 rings (SSSR count). The number of hydrogen-bond donors (Lipinski definition) is 0. The minimum absolute atomic E-state index is 0.252. The molecule has 1 aliphatic heterocycles. The van der Waals surface area contributed by atoms with Gasteiger partial charge in [0.2, 0.25) is 0 Å². The second kappa shape index (κ2) is 10.4. The van der Waals surface area contributed by atoms with Gasteiger partial charge in [0.1, 0.15) is 12.4 Å². The lowest BCUT2D eigenvalue weighted by molar-refractivity contribution is -0.122. The molecule has 0 radical (unpaired) electrons. The lowest BCUT2D eigenvalue weighted by Crippen LogP contribution is -2.30. The van der Waals surface area contributed by atoms with Gasteiger partial charge in [-0.3, -0.25) is 14.5 Å². The summed E-state index contributed by atoms with van der Waals surface area (Å²) in [6, 6.07) is 23.0. The lowest BCUT2D eigenvalue weighted by Gasteiger charge is -2.12. The van der Waals surface area contributed by atoms with E-state index in [1.807, 2.05) is 60.7 Å². The SMILES string of the molecule is O=C1S/C(=C\c2ccc(OCc3ccc(Br)cc3)c(Cl)c2)C(=O)N1CCc1ccccc1. The Morgan fingerprint density at radius 1 is 0.969 bits per heavy atom. The Hall–Kier alpha value is -2.54. The molecule has 2 amide bonds. The van der Waals surface area contributed by atoms with Crippen molar-refractivity contribution in [2.75, 3.05) is 6.54 Å². The van der Waals surface area contributed by atoms with Crippen LogP contribution in [0.2, 0.25) is 5.02 Å². The van der Waals surface area contributed by atoms with Crippen LogP contribution in [-0.2, 0) is 17.8 Å². The number of hydrogen-bond acceptors (Lipinski definition) is 4. The van der Waals surface area contributed by atoms with Crippen LogP contribution >= 0.6 is 39.3 Å². The van der Waals surface area contributed by atoms with Crippen LogP contribution in [0.1, 0.15) is 16.7 Å². The molecule has 162 valence electrons. The van der Waals surface area contributed by atoms with Gasteiger partial charge in [-0.05, 0) is 65.2 Å². The average molecular weight is 529 g/mol. The highest BCUT2D eigenvalue weighted by Gasteiger charge is 2.34. The number of thioether (sulfide) groups is 1. The molecule has 4 nitrogen and oxygen atoms in total. The number of benzene rings is 3. The van der Waals surface area contributed by atoms with Gasteiger partial charge in [-0.2, -0.15) is 0 Å². The molecule has 1 fully saturated rings. The third kappa shape index (κ3) is 5.63. The molecule has 0 unspecified atom stereocenters. The summed E-state index contributed by atoms with van der Waals surface area (Å²) >= 11 is 10.7. The zero-order valence-electron chi connectivity index (χ0n) is 17.0. The molecule has 0 saturated carbocycles. The molecule has 0 bridgehead atoms. The van der Waals surface area contributed by atoms with Crippen molar-refractivity contribution in [3.63, 3.8) is 0 Å². The van der Waals surface area contributed by atoms with Crippen LogP contribution < -0.4 is 4.74 Å². The predicted octanol–water partition coefficient (Wildman–Crippen LogP) is 6.96. The van der Waals surface area contributed by atoms with Gasteiger partial charge in [-0.1, -0.05) is 76.1 Å². The fourth-order valence-electron chi connectivity index (χ4n) is 3.20. The Morgan fingerprint density at radius 3 is 2.44 bits per heavy atom. The maximum atomic E-state index is 12.7. The highest BCUT2D eigenvalue weighted by atomic mass is 79.9. The molecule has 3 aromatic carbocycles. The first-order valence-electron chi connectivity index (χ1n) is 9.96. The molecular weight excluding hydrogens is 510 g/mol. The van der Waals surface area contributed by atoms with Crippen molar-refractivity contribution in [1.82, 2.24) is 4.90 Å². The third-order valence-electron chi connectivity index (χ3n) is 4.90. The summed E-state index contributed by atoms with van der Waals surface area (Å²) in [6.07, 6.45) is 2.32. The number of carbonyl (C=O) groups is 2. The number of imide groups is 1. The van der Waals surface area contributed by atoms with E-state index in [4.69, 9.17) is 16.3 Å². The van der Waals surface area contributed by atoms with Gasteiger partial charge in [0, 0.05) is 11.0 Å². The van der Waals surface area contributed by atoms with Gasteiger partial charge in [0.25, 0.3) is 11.1 Å². The zero-order valence-corrected chi connectivity index (χ0v) is 20.1. The summed E-state index contributed by atoms with van der Waals surface area (Å²) in [4.78, 5) is 26.8. The average Bonchev–Trinajstić information content (AvgIpc) is 3.06. The Balaban J connectivity index is 1.40. The second-order valence-electron chi connectivity index (χ2n) is 7.17. The second-order valence-corrected chi connectivity index (χ2v) is 9.49. The highest BCUT2D eigenvalue weighted by molar-refractivity contribution is 9.10. The molecule has 0 aromatic heterocycles. The van der Waals surface area contributed by atoms with E-state index < -0.39 is 0 Å². The van der Waals surface area contributed by atoms with Crippen LogP contribution in [0.4, 0.5) is 4.79 Å². The summed E-state index contributed by atoms with van der Waals surface area (Å²) < 4.78 is 6.82. The van der Waals surface area contributed by atoms with Gasteiger partial charge in [-0.25, -0.2) is 0 Å². The first-order valence-corrected chi connectivity index (χ1v) is 11.9. The summed E-state index contributed by atoms with van der Waals surface area (Å²) in [5, 5.41) is 0.192. The van der Waals surface area contributed by atoms with Gasteiger partial charge in [-0.15, -0.1) is 0 Å². The fraction of sp³-hybridized carbons (Fsp3) is 0.120. The van der Waals surface area contributed by atoms with Crippen LogP contribution in [-0.4, -0.2) is 22.6 Å². The van der Waals surface area contributed by atoms with Gasteiger partial charge in [0.15, 0.2) is 0 Å². The van der Waals surface area contributed by atoms with E-state index in [0.717, 1.165) is 32.9 Å². The standard InChI is InChI=1S/C25H19BrClNO3S/c26-20-9-6-18(7-10-20)16-31-22-11-8-19(14-21(22)27)15-23-24(29)28(25(30)32-23)13-12-17-4-2-1-3-5-17/h1-11,14-15H,12-13,16H2/b23-15-. The van der Waals surface area contributed by atoms with Crippen molar-refractivity contribution >= 4 is 56.5 Å². The molecule has 3 aromatic rings. The summed E-state index contributed by atoms with van der Waals surface area (Å²) in [5.74, 6) is 0.283. The molecule has 0 spiro atoms. The molecule has 32 heavy (non-hydrogen) atoms. The molecule has 0 aliphatic carbocycles. The largest absolute Gasteiger partial charge is 0.487 e. The number of rotatable bonds is 7. The first-order chi connectivity index (χ1) is 15.5. The van der Waals surface area contributed by atoms with E-state index in [1.165, 1.54) is 4.90 Å². The maximum Gasteiger partial charge on any atom is 0.293 e. The van der Waals surface area contributed by atoms with E-state index >= 15 is 0 Å². The predicted molar refractivity (Wildman–Crippen MR) is 133 cm³/mol. The Morgan fingerprint density at radius 2 is 1.72 bits per heavy atom. The van der Waals surface area contributed by atoms with Crippen LogP contribution in [0.15, 0.2) is 82.2 Å². The van der Waals surface area contributed by atoms with E-state index in [0.29, 0.717) is 35.2 Å². The molecule has 0 N–H and O–H groups in total. The van der Waals surface area contributed by atoms with E-state index in [9.17, 15) is 9.59 Å². The van der Waals surface area contributed by atoms with Gasteiger partial charge >= 0.3 is 0 Å². The number of amides is 2. The monoisotopic (exact) mass is 527 g/mol. The zero-order chi connectivity index (χ0) is 22.5. The smallest absolute Gasteiger partial charge is 0.293 e. The van der Waals surface area contributed by atoms with Gasteiger partial charge in [0.05, 0.1) is 9.93 Å². The summed E-state index contributed by atoms with van der Waals surface area (Å²) in [6.45, 7) is 0.752. The minimum atomic E-state index is -0.275. The number of nitrogens with zero attached hydrogens (tertiary/aromatic N) is 1. The van der Waals surface area contributed by atoms with Crippen LogP contribution in [0.25, 0.3) is 6.08 Å². The Labute approximate surface area is 204 Å². The number of carbonyl (C=O) groups excluding carboxylic acids is 2. The topological polar surface area (TPSA) is 46.6 Å². The van der Waals surface area contributed by atoms with Crippen LogP contribution in [0.5, 0.6) is 5.75 Å².